The number of pyridine rings is 1. The van der Waals surface area contributed by atoms with Gasteiger partial charge in [-0.25, -0.2) is 0 Å². The zero-order valence-corrected chi connectivity index (χ0v) is 11.7. The molecule has 0 fully saturated rings. The molecule has 0 radical (unpaired) electrons. The first-order valence-corrected chi connectivity index (χ1v) is 6.63. The number of rotatable bonds is 8. The van der Waals surface area contributed by atoms with Crippen molar-refractivity contribution in [2.24, 2.45) is 5.41 Å². The molecule has 1 heterocycles. The molecular formula is C15H24N2O. The number of hydrogen-bond acceptors (Lipinski definition) is 3. The van der Waals surface area contributed by atoms with E-state index in [2.05, 4.69) is 23.9 Å². The minimum absolute atomic E-state index is 0.207. The predicted molar refractivity (Wildman–Crippen MR) is 74.5 cm³/mol. The van der Waals surface area contributed by atoms with E-state index >= 15 is 0 Å². The van der Waals surface area contributed by atoms with E-state index < -0.39 is 0 Å². The van der Waals surface area contributed by atoms with Crippen molar-refractivity contribution in [2.45, 2.75) is 33.1 Å². The lowest BCUT2D eigenvalue weighted by atomic mass is 9.87. The Morgan fingerprint density at radius 2 is 2.06 bits per heavy atom. The first-order chi connectivity index (χ1) is 8.59. The van der Waals surface area contributed by atoms with Gasteiger partial charge in [-0.3, -0.25) is 4.98 Å². The van der Waals surface area contributed by atoms with E-state index in [1.165, 1.54) is 5.56 Å². The summed E-state index contributed by atoms with van der Waals surface area (Å²) in [5.41, 5.74) is 1.09. The van der Waals surface area contributed by atoms with Gasteiger partial charge in [-0.05, 0) is 37.6 Å². The average molecular weight is 248 g/mol. The van der Waals surface area contributed by atoms with Crippen molar-refractivity contribution in [3.8, 4) is 0 Å². The first kappa shape index (κ1) is 14.8. The Labute approximate surface area is 110 Å². The molecule has 0 amide bonds. The molecule has 0 aromatic carbocycles. The summed E-state index contributed by atoms with van der Waals surface area (Å²) in [5.74, 6) is 0. The Balaban J connectivity index is 2.41. The minimum Gasteiger partial charge on any atom is -0.305 e. The highest BCUT2D eigenvalue weighted by Crippen LogP contribution is 2.21. The van der Waals surface area contributed by atoms with Gasteiger partial charge in [-0.2, -0.15) is 0 Å². The molecule has 1 atom stereocenters. The number of likely N-dealkylation sites (N-methyl/N-ethyl adjacent to an activating group) is 1. The van der Waals surface area contributed by atoms with Crippen LogP contribution in [-0.4, -0.2) is 36.3 Å². The fourth-order valence-electron chi connectivity index (χ4n) is 2.31. The summed E-state index contributed by atoms with van der Waals surface area (Å²) in [4.78, 5) is 17.4. The Morgan fingerprint density at radius 3 is 2.61 bits per heavy atom. The van der Waals surface area contributed by atoms with Crippen LogP contribution in [0.25, 0.3) is 0 Å². The molecule has 0 N–H and O–H groups in total. The molecule has 18 heavy (non-hydrogen) atoms. The molecule has 1 rings (SSSR count). The fourth-order valence-corrected chi connectivity index (χ4v) is 2.31. The highest BCUT2D eigenvalue weighted by molar-refractivity contribution is 5.58. The van der Waals surface area contributed by atoms with Crippen LogP contribution in [0, 0.1) is 5.41 Å². The molecule has 0 bridgehead atoms. The summed E-state index contributed by atoms with van der Waals surface area (Å²) in [5, 5.41) is 0. The number of aldehydes is 1. The Kier molecular flexibility index (Phi) is 5.99. The van der Waals surface area contributed by atoms with Crippen LogP contribution < -0.4 is 0 Å². The van der Waals surface area contributed by atoms with E-state index in [0.717, 1.165) is 38.6 Å². The maximum absolute atomic E-state index is 11.2. The molecule has 1 aromatic rings. The third-order valence-corrected chi connectivity index (χ3v) is 3.27. The lowest BCUT2D eigenvalue weighted by Gasteiger charge is -2.28. The summed E-state index contributed by atoms with van der Waals surface area (Å²) < 4.78 is 0. The second kappa shape index (κ2) is 7.27. The molecule has 0 aliphatic carbocycles. The maximum Gasteiger partial charge on any atom is 0.127 e. The van der Waals surface area contributed by atoms with Crippen molar-refractivity contribution < 1.29 is 4.79 Å². The number of carbonyl (C=O) groups is 1. The van der Waals surface area contributed by atoms with Crippen LogP contribution >= 0.6 is 0 Å². The molecule has 100 valence electrons. The SMILES string of the molecule is CCCC(C)(C=O)CN(C)CCc1ccncc1. The molecule has 3 heteroatoms. The van der Waals surface area contributed by atoms with E-state index in [4.69, 9.17) is 0 Å². The highest BCUT2D eigenvalue weighted by atomic mass is 16.1. The molecular weight excluding hydrogens is 224 g/mol. The van der Waals surface area contributed by atoms with Gasteiger partial charge in [0.1, 0.15) is 6.29 Å². The molecule has 1 aromatic heterocycles. The van der Waals surface area contributed by atoms with Gasteiger partial charge in [-0.1, -0.05) is 20.3 Å². The highest BCUT2D eigenvalue weighted by Gasteiger charge is 2.24. The van der Waals surface area contributed by atoms with Gasteiger partial charge in [0, 0.05) is 30.9 Å². The van der Waals surface area contributed by atoms with Crippen LogP contribution in [0.15, 0.2) is 24.5 Å². The zero-order valence-electron chi connectivity index (χ0n) is 11.7. The standard InChI is InChI=1S/C15H24N2O/c1-4-8-15(2,13-18)12-17(3)11-7-14-5-9-16-10-6-14/h5-6,9-10,13H,4,7-8,11-12H2,1-3H3. The van der Waals surface area contributed by atoms with E-state index in [1.807, 2.05) is 31.5 Å². The van der Waals surface area contributed by atoms with Crippen molar-refractivity contribution in [3.05, 3.63) is 30.1 Å². The Hall–Kier alpha value is -1.22. The second-order valence-corrected chi connectivity index (χ2v) is 5.37. The molecule has 3 nitrogen and oxygen atoms in total. The van der Waals surface area contributed by atoms with E-state index in [0.29, 0.717) is 0 Å². The predicted octanol–water partition coefficient (Wildman–Crippen LogP) is 2.56. The van der Waals surface area contributed by atoms with Crippen LogP contribution in [0.3, 0.4) is 0 Å². The summed E-state index contributed by atoms with van der Waals surface area (Å²) in [6.07, 6.45) is 7.76. The van der Waals surface area contributed by atoms with Crippen LogP contribution in [0.5, 0.6) is 0 Å². The van der Waals surface area contributed by atoms with Gasteiger partial charge in [0.15, 0.2) is 0 Å². The van der Waals surface area contributed by atoms with E-state index in [9.17, 15) is 4.79 Å². The largest absolute Gasteiger partial charge is 0.305 e. The number of hydrogen-bond donors (Lipinski definition) is 0. The summed E-state index contributed by atoms with van der Waals surface area (Å²) in [7, 11) is 2.08. The summed E-state index contributed by atoms with van der Waals surface area (Å²) >= 11 is 0. The third kappa shape index (κ3) is 4.96. The molecule has 0 aliphatic rings. The van der Waals surface area contributed by atoms with Crippen LogP contribution in [0.1, 0.15) is 32.3 Å². The minimum atomic E-state index is -0.207. The van der Waals surface area contributed by atoms with Gasteiger partial charge < -0.3 is 9.69 Å². The van der Waals surface area contributed by atoms with Gasteiger partial charge in [0.25, 0.3) is 0 Å². The molecule has 0 aliphatic heterocycles. The van der Waals surface area contributed by atoms with Crippen molar-refractivity contribution >= 4 is 6.29 Å². The van der Waals surface area contributed by atoms with Gasteiger partial charge in [0.2, 0.25) is 0 Å². The van der Waals surface area contributed by atoms with Crippen LogP contribution in [0.4, 0.5) is 0 Å². The average Bonchev–Trinajstić information content (AvgIpc) is 2.38. The van der Waals surface area contributed by atoms with Crippen LogP contribution in [-0.2, 0) is 11.2 Å². The molecule has 1 unspecified atom stereocenters. The number of aromatic nitrogens is 1. The van der Waals surface area contributed by atoms with Crippen LogP contribution in [0.2, 0.25) is 0 Å². The lowest BCUT2D eigenvalue weighted by Crippen LogP contribution is -2.35. The van der Waals surface area contributed by atoms with Crippen molar-refractivity contribution in [2.75, 3.05) is 20.1 Å². The topological polar surface area (TPSA) is 33.2 Å². The number of nitrogens with zero attached hydrogens (tertiary/aromatic N) is 2. The van der Waals surface area contributed by atoms with E-state index in [1.54, 1.807) is 0 Å². The second-order valence-electron chi connectivity index (χ2n) is 5.37. The fraction of sp³-hybridized carbons (Fsp3) is 0.600. The van der Waals surface area contributed by atoms with Crippen molar-refractivity contribution in [3.63, 3.8) is 0 Å². The Bertz CT molecular complexity index is 353. The Morgan fingerprint density at radius 1 is 1.39 bits per heavy atom. The van der Waals surface area contributed by atoms with Gasteiger partial charge >= 0.3 is 0 Å². The normalized spacial score (nSPS) is 14.4. The molecule has 0 spiro atoms. The van der Waals surface area contributed by atoms with Gasteiger partial charge in [0.05, 0.1) is 0 Å². The maximum atomic E-state index is 11.2. The third-order valence-electron chi connectivity index (χ3n) is 3.27. The van der Waals surface area contributed by atoms with Crippen molar-refractivity contribution in [1.29, 1.82) is 0 Å². The summed E-state index contributed by atoms with van der Waals surface area (Å²) in [6, 6.07) is 4.08. The molecule has 0 saturated heterocycles. The van der Waals surface area contributed by atoms with Crippen molar-refractivity contribution in [1.82, 2.24) is 9.88 Å². The summed E-state index contributed by atoms with van der Waals surface area (Å²) in [6.45, 7) is 5.97. The number of carbonyl (C=O) groups excluding carboxylic acids is 1. The van der Waals surface area contributed by atoms with E-state index in [-0.39, 0.29) is 5.41 Å². The molecule has 0 saturated carbocycles. The first-order valence-electron chi connectivity index (χ1n) is 6.63. The van der Waals surface area contributed by atoms with Gasteiger partial charge in [-0.15, -0.1) is 0 Å². The monoisotopic (exact) mass is 248 g/mol. The quantitative estimate of drug-likeness (QED) is 0.663. The lowest BCUT2D eigenvalue weighted by molar-refractivity contribution is -0.116. The zero-order chi connectivity index (χ0) is 13.4. The smallest absolute Gasteiger partial charge is 0.127 e.